The molecular weight excluding hydrogens is 646 g/mol. The fourth-order valence-electron chi connectivity index (χ4n) is 4.49. The Kier molecular flexibility index (Phi) is 11.1. The average Bonchev–Trinajstić information content (AvgIpc) is 3.24. The summed E-state index contributed by atoms with van der Waals surface area (Å²) in [4.78, 5) is 28.6. The van der Waals surface area contributed by atoms with Crippen LogP contribution in [0.25, 0.3) is 6.08 Å². The van der Waals surface area contributed by atoms with E-state index in [2.05, 4.69) is 61.0 Å². The maximum Gasteiger partial charge on any atom is 0.333 e. The quantitative estimate of drug-likeness (QED) is 0.114. The minimum atomic E-state index is -0.967. The van der Waals surface area contributed by atoms with Gasteiger partial charge in [0, 0.05) is 0 Å². The summed E-state index contributed by atoms with van der Waals surface area (Å²) in [5.74, 6) is 0.261. The zero-order chi connectivity index (χ0) is 31.1. The van der Waals surface area contributed by atoms with Crippen LogP contribution in [-0.4, -0.2) is 34.3 Å². The number of hydrogen-bond acceptors (Lipinski definition) is 7. The zero-order valence-corrected chi connectivity index (χ0v) is 28.2. The van der Waals surface area contributed by atoms with Crippen LogP contribution >= 0.6 is 39.9 Å². The summed E-state index contributed by atoms with van der Waals surface area (Å²) < 4.78 is 18.6. The predicted molar refractivity (Wildman–Crippen MR) is 180 cm³/mol. The number of hydrogen-bond donors (Lipinski definition) is 0. The van der Waals surface area contributed by atoms with Gasteiger partial charge >= 0.3 is 5.97 Å². The van der Waals surface area contributed by atoms with E-state index >= 15 is 0 Å². The standard InChI is InChI=1S/C34H36BrNO5S2/c1-6-17-40-32(38)29(24-11-9-8-10-12-24)36-31(37)28(43-33(36)42)20-23-18-26(35)30(27(19-23)39-7-2)41-21-22-13-15-25(16-14-22)34(3,4)5/h8-16,18-20,29H,6-7,17,21H2,1-5H3/b28-20+. The third kappa shape index (κ3) is 8.08. The van der Waals surface area contributed by atoms with E-state index in [0.717, 1.165) is 22.9 Å². The monoisotopic (exact) mass is 681 g/mol. The fourth-order valence-corrected chi connectivity index (χ4v) is 6.38. The molecule has 43 heavy (non-hydrogen) atoms. The first-order chi connectivity index (χ1) is 20.5. The van der Waals surface area contributed by atoms with E-state index in [1.807, 2.05) is 44.2 Å². The number of ether oxygens (including phenoxy) is 3. The van der Waals surface area contributed by atoms with Crippen LogP contribution < -0.4 is 9.47 Å². The lowest BCUT2D eigenvalue weighted by molar-refractivity contribution is -0.151. The third-order valence-corrected chi connectivity index (χ3v) is 8.62. The first-order valence-corrected chi connectivity index (χ1v) is 16.2. The topological polar surface area (TPSA) is 65.1 Å². The second kappa shape index (κ2) is 14.6. The number of esters is 1. The third-order valence-electron chi connectivity index (χ3n) is 6.70. The highest BCUT2D eigenvalue weighted by atomic mass is 79.9. The number of halogens is 1. The van der Waals surface area contributed by atoms with Crippen LogP contribution in [-0.2, 0) is 26.3 Å². The molecule has 0 radical (unpaired) electrons. The van der Waals surface area contributed by atoms with E-state index in [9.17, 15) is 9.59 Å². The van der Waals surface area contributed by atoms with Crippen molar-refractivity contribution in [1.29, 1.82) is 0 Å². The molecule has 3 aromatic rings. The Balaban J connectivity index is 1.59. The van der Waals surface area contributed by atoms with Crippen molar-refractivity contribution in [3.05, 3.63) is 98.4 Å². The van der Waals surface area contributed by atoms with Crippen molar-refractivity contribution in [2.75, 3.05) is 13.2 Å². The van der Waals surface area contributed by atoms with Crippen LogP contribution in [0.2, 0.25) is 0 Å². The molecule has 6 nitrogen and oxygen atoms in total. The normalized spacial score (nSPS) is 15.1. The van der Waals surface area contributed by atoms with E-state index in [1.165, 1.54) is 10.5 Å². The van der Waals surface area contributed by atoms with Crippen molar-refractivity contribution in [1.82, 2.24) is 4.90 Å². The highest BCUT2D eigenvalue weighted by molar-refractivity contribution is 9.10. The van der Waals surface area contributed by atoms with E-state index in [4.69, 9.17) is 26.4 Å². The Morgan fingerprint density at radius 3 is 2.37 bits per heavy atom. The number of amides is 1. The molecule has 3 aromatic carbocycles. The van der Waals surface area contributed by atoms with Gasteiger partial charge in [0.05, 0.1) is 22.6 Å². The number of nitrogens with zero attached hydrogens (tertiary/aromatic N) is 1. The van der Waals surface area contributed by atoms with Gasteiger partial charge in [-0.05, 0) is 75.2 Å². The van der Waals surface area contributed by atoms with Gasteiger partial charge in [0.1, 0.15) is 10.9 Å². The molecule has 1 aliphatic heterocycles. The summed E-state index contributed by atoms with van der Waals surface area (Å²) in [6.45, 7) is 11.5. The maximum absolute atomic E-state index is 13.7. The Morgan fingerprint density at radius 1 is 1.05 bits per heavy atom. The van der Waals surface area contributed by atoms with Gasteiger partial charge in [-0.2, -0.15) is 0 Å². The van der Waals surface area contributed by atoms with Crippen molar-refractivity contribution in [2.45, 2.75) is 59.1 Å². The van der Waals surface area contributed by atoms with Gasteiger partial charge in [0.2, 0.25) is 0 Å². The molecule has 1 fully saturated rings. The lowest BCUT2D eigenvalue weighted by Crippen LogP contribution is -2.38. The van der Waals surface area contributed by atoms with Crippen LogP contribution in [0.15, 0.2) is 76.1 Å². The Morgan fingerprint density at radius 2 is 1.74 bits per heavy atom. The average molecular weight is 683 g/mol. The summed E-state index contributed by atoms with van der Waals surface area (Å²) in [6.07, 6.45) is 2.42. The van der Waals surface area contributed by atoms with Gasteiger partial charge in [0.15, 0.2) is 17.5 Å². The largest absolute Gasteiger partial charge is 0.490 e. The summed E-state index contributed by atoms with van der Waals surface area (Å²) in [5, 5.41) is 0. The van der Waals surface area contributed by atoms with E-state index in [-0.39, 0.29) is 17.9 Å². The van der Waals surface area contributed by atoms with Crippen LogP contribution in [0.1, 0.15) is 69.3 Å². The molecule has 1 aliphatic rings. The molecule has 1 heterocycles. The van der Waals surface area contributed by atoms with E-state index in [1.54, 1.807) is 18.2 Å². The molecule has 0 bridgehead atoms. The van der Waals surface area contributed by atoms with Gasteiger partial charge in [-0.1, -0.05) is 106 Å². The van der Waals surface area contributed by atoms with Crippen LogP contribution in [0.4, 0.5) is 0 Å². The summed E-state index contributed by atoms with van der Waals surface area (Å²) >= 11 is 10.4. The highest BCUT2D eigenvalue weighted by Crippen LogP contribution is 2.42. The lowest BCUT2D eigenvalue weighted by Gasteiger charge is -2.25. The SMILES string of the molecule is CCCOC(=O)C(c1ccccc1)N1C(=O)/C(=C\c2cc(Br)c(OCc3ccc(C(C)(C)C)cc3)c(OCC)c2)SC1=S. The van der Waals surface area contributed by atoms with E-state index < -0.39 is 12.0 Å². The second-order valence-electron chi connectivity index (χ2n) is 11.0. The molecule has 0 N–H and O–H groups in total. The lowest BCUT2D eigenvalue weighted by atomic mass is 9.87. The van der Waals surface area contributed by atoms with Gasteiger partial charge in [-0.15, -0.1) is 0 Å². The van der Waals surface area contributed by atoms with Crippen LogP contribution in [0.3, 0.4) is 0 Å². The van der Waals surface area contributed by atoms with Crippen molar-refractivity contribution in [3.63, 3.8) is 0 Å². The van der Waals surface area contributed by atoms with Gasteiger partial charge in [-0.3, -0.25) is 9.69 Å². The Hall–Kier alpha value is -3.14. The number of rotatable bonds is 11. The predicted octanol–water partition coefficient (Wildman–Crippen LogP) is 8.62. The number of carbonyl (C=O) groups is 2. The molecule has 0 saturated carbocycles. The fraction of sp³-hybridized carbons (Fsp3) is 0.324. The first kappa shape index (κ1) is 32.8. The molecule has 1 saturated heterocycles. The smallest absolute Gasteiger partial charge is 0.333 e. The van der Waals surface area contributed by atoms with Crippen LogP contribution in [0, 0.1) is 0 Å². The summed E-state index contributed by atoms with van der Waals surface area (Å²) in [6, 6.07) is 20.2. The molecule has 4 rings (SSSR count). The van der Waals surface area contributed by atoms with Crippen molar-refractivity contribution in [2.24, 2.45) is 0 Å². The number of carbonyl (C=O) groups excluding carboxylic acids is 2. The minimum Gasteiger partial charge on any atom is -0.490 e. The number of thiocarbonyl (C=S) groups is 1. The van der Waals surface area contributed by atoms with E-state index in [0.29, 0.717) is 50.4 Å². The number of thioether (sulfide) groups is 1. The molecule has 226 valence electrons. The molecule has 1 unspecified atom stereocenters. The van der Waals surface area contributed by atoms with Gasteiger partial charge in [-0.25, -0.2) is 4.79 Å². The molecule has 1 amide bonds. The Labute approximate surface area is 271 Å². The van der Waals surface area contributed by atoms with Crippen molar-refractivity contribution in [3.8, 4) is 11.5 Å². The second-order valence-corrected chi connectivity index (χ2v) is 13.6. The summed E-state index contributed by atoms with van der Waals surface area (Å²) in [7, 11) is 0. The molecular formula is C34H36BrNO5S2. The maximum atomic E-state index is 13.7. The highest BCUT2D eigenvalue weighted by Gasteiger charge is 2.42. The minimum absolute atomic E-state index is 0.0788. The number of benzene rings is 3. The molecule has 0 aliphatic carbocycles. The molecule has 0 spiro atoms. The molecule has 1 atom stereocenters. The Bertz CT molecular complexity index is 1500. The van der Waals surface area contributed by atoms with Crippen LogP contribution in [0.5, 0.6) is 11.5 Å². The first-order valence-electron chi connectivity index (χ1n) is 14.2. The molecule has 9 heteroatoms. The van der Waals surface area contributed by atoms with Crippen molar-refractivity contribution < 1.29 is 23.8 Å². The van der Waals surface area contributed by atoms with Gasteiger partial charge < -0.3 is 14.2 Å². The van der Waals surface area contributed by atoms with Crippen molar-refractivity contribution >= 4 is 62.2 Å². The summed E-state index contributed by atoms with van der Waals surface area (Å²) in [5.41, 5.74) is 3.74. The van der Waals surface area contributed by atoms with Gasteiger partial charge in [0.25, 0.3) is 5.91 Å². The molecule has 0 aromatic heterocycles. The zero-order valence-electron chi connectivity index (χ0n) is 25.0.